The van der Waals surface area contributed by atoms with Gasteiger partial charge < -0.3 is 8.94 Å². The normalized spacial score (nSPS) is 11.2. The third-order valence-electron chi connectivity index (χ3n) is 3.74. The smallest absolute Gasteiger partial charge is 0.258 e. The van der Waals surface area contributed by atoms with Crippen LogP contribution in [0, 0.1) is 13.8 Å². The molecule has 4 aromatic rings. The molecule has 4 nitrogen and oxygen atoms in total. The van der Waals surface area contributed by atoms with Crippen LogP contribution in [-0.2, 0) is 0 Å². The summed E-state index contributed by atoms with van der Waals surface area (Å²) in [5, 5.41) is 5.15. The van der Waals surface area contributed by atoms with E-state index >= 15 is 0 Å². The fraction of sp³-hybridized carbons (Fsp3) is 0.111. The van der Waals surface area contributed by atoms with Crippen LogP contribution >= 0.6 is 0 Å². The molecule has 0 aliphatic carbocycles. The third kappa shape index (κ3) is 2.00. The van der Waals surface area contributed by atoms with Gasteiger partial charge in [-0.3, -0.25) is 0 Å². The molecule has 0 saturated heterocycles. The van der Waals surface area contributed by atoms with Crippen molar-refractivity contribution in [1.82, 2.24) is 10.1 Å². The molecule has 0 aliphatic heterocycles. The van der Waals surface area contributed by atoms with Crippen LogP contribution in [0.2, 0.25) is 0 Å². The van der Waals surface area contributed by atoms with Crippen molar-refractivity contribution < 1.29 is 8.94 Å². The molecule has 0 radical (unpaired) electrons. The molecule has 0 atom stereocenters. The third-order valence-corrected chi connectivity index (χ3v) is 3.74. The molecule has 22 heavy (non-hydrogen) atoms. The number of hydrogen-bond donors (Lipinski definition) is 0. The summed E-state index contributed by atoms with van der Waals surface area (Å²) in [4.78, 5) is 4.46. The zero-order valence-corrected chi connectivity index (χ0v) is 12.3. The van der Waals surface area contributed by atoms with Gasteiger partial charge >= 0.3 is 0 Å². The SMILES string of the molecule is Cc1ccc2oc(-c3noc(-c4ccccc4)n3)c(C)c2c1. The maximum Gasteiger partial charge on any atom is 0.258 e. The van der Waals surface area contributed by atoms with E-state index in [2.05, 4.69) is 23.1 Å². The van der Waals surface area contributed by atoms with Crippen LogP contribution in [0.5, 0.6) is 0 Å². The van der Waals surface area contributed by atoms with Crippen molar-refractivity contribution in [3.63, 3.8) is 0 Å². The Morgan fingerprint density at radius 1 is 0.955 bits per heavy atom. The lowest BCUT2D eigenvalue weighted by Gasteiger charge is -1.92. The zero-order valence-electron chi connectivity index (χ0n) is 12.3. The van der Waals surface area contributed by atoms with E-state index < -0.39 is 0 Å². The Labute approximate surface area is 127 Å². The second kappa shape index (κ2) is 4.84. The summed E-state index contributed by atoms with van der Waals surface area (Å²) in [5.74, 6) is 1.63. The number of rotatable bonds is 2. The Morgan fingerprint density at radius 3 is 2.59 bits per heavy atom. The van der Waals surface area contributed by atoms with E-state index in [0.717, 1.165) is 22.1 Å². The standard InChI is InChI=1S/C18H14N2O2/c1-11-8-9-15-14(10-11)12(2)16(21-15)17-19-18(22-20-17)13-6-4-3-5-7-13/h3-10H,1-2H3. The average molecular weight is 290 g/mol. The molecule has 0 N–H and O–H groups in total. The monoisotopic (exact) mass is 290 g/mol. The first kappa shape index (κ1) is 12.8. The second-order valence-electron chi connectivity index (χ2n) is 5.34. The van der Waals surface area contributed by atoms with Crippen molar-refractivity contribution >= 4 is 11.0 Å². The van der Waals surface area contributed by atoms with Gasteiger partial charge in [-0.1, -0.05) is 35.0 Å². The Bertz CT molecular complexity index is 952. The fourth-order valence-corrected chi connectivity index (χ4v) is 2.56. The van der Waals surface area contributed by atoms with Crippen molar-refractivity contribution in [1.29, 1.82) is 0 Å². The van der Waals surface area contributed by atoms with Gasteiger partial charge in [-0.25, -0.2) is 0 Å². The molecule has 108 valence electrons. The van der Waals surface area contributed by atoms with Crippen molar-refractivity contribution in [3.8, 4) is 23.0 Å². The topological polar surface area (TPSA) is 52.1 Å². The molecule has 4 rings (SSSR count). The number of nitrogens with zero attached hydrogens (tertiary/aromatic N) is 2. The molecule has 0 bridgehead atoms. The highest BCUT2D eigenvalue weighted by Gasteiger charge is 2.18. The summed E-state index contributed by atoms with van der Waals surface area (Å²) in [6.07, 6.45) is 0. The zero-order chi connectivity index (χ0) is 15.1. The number of hydrogen-bond acceptors (Lipinski definition) is 4. The van der Waals surface area contributed by atoms with E-state index in [1.807, 2.05) is 49.4 Å². The van der Waals surface area contributed by atoms with Crippen molar-refractivity contribution in [3.05, 3.63) is 59.7 Å². The highest BCUT2D eigenvalue weighted by molar-refractivity contribution is 5.87. The van der Waals surface area contributed by atoms with Gasteiger partial charge in [0.2, 0.25) is 5.82 Å². The van der Waals surface area contributed by atoms with Crippen LogP contribution in [0.1, 0.15) is 11.1 Å². The van der Waals surface area contributed by atoms with Crippen LogP contribution in [0.3, 0.4) is 0 Å². The van der Waals surface area contributed by atoms with E-state index in [1.54, 1.807) is 0 Å². The molecule has 0 spiro atoms. The lowest BCUT2D eigenvalue weighted by atomic mass is 10.1. The van der Waals surface area contributed by atoms with E-state index in [9.17, 15) is 0 Å². The number of aryl methyl sites for hydroxylation is 2. The molecule has 2 heterocycles. The van der Waals surface area contributed by atoms with E-state index in [1.165, 1.54) is 5.56 Å². The molecule has 0 amide bonds. The molecular weight excluding hydrogens is 276 g/mol. The van der Waals surface area contributed by atoms with Gasteiger partial charge in [-0.15, -0.1) is 0 Å². The Hall–Kier alpha value is -2.88. The molecule has 0 fully saturated rings. The predicted octanol–water partition coefficient (Wildman–Crippen LogP) is 4.77. The maximum atomic E-state index is 5.90. The summed E-state index contributed by atoms with van der Waals surface area (Å²) in [5.41, 5.74) is 3.95. The molecule has 4 heteroatoms. The van der Waals surface area contributed by atoms with E-state index in [4.69, 9.17) is 8.94 Å². The highest BCUT2D eigenvalue weighted by Crippen LogP contribution is 2.32. The lowest BCUT2D eigenvalue weighted by molar-refractivity contribution is 0.430. The van der Waals surface area contributed by atoms with Crippen LogP contribution in [0.25, 0.3) is 34.0 Å². The van der Waals surface area contributed by atoms with E-state index in [-0.39, 0.29) is 0 Å². The fourth-order valence-electron chi connectivity index (χ4n) is 2.56. The van der Waals surface area contributed by atoms with Gasteiger partial charge in [0.25, 0.3) is 5.89 Å². The summed E-state index contributed by atoms with van der Waals surface area (Å²) >= 11 is 0. The van der Waals surface area contributed by atoms with Crippen molar-refractivity contribution in [2.45, 2.75) is 13.8 Å². The summed E-state index contributed by atoms with van der Waals surface area (Å²) in [6, 6.07) is 15.8. The number of furan rings is 1. The minimum atomic E-state index is 0.477. The molecule has 2 aromatic carbocycles. The lowest BCUT2D eigenvalue weighted by Crippen LogP contribution is -1.81. The van der Waals surface area contributed by atoms with Gasteiger partial charge in [0.05, 0.1) is 0 Å². The van der Waals surface area contributed by atoms with Gasteiger partial charge in [0, 0.05) is 16.5 Å². The first-order valence-corrected chi connectivity index (χ1v) is 7.11. The minimum absolute atomic E-state index is 0.477. The van der Waals surface area contributed by atoms with E-state index in [0.29, 0.717) is 17.5 Å². The van der Waals surface area contributed by atoms with Crippen LogP contribution < -0.4 is 0 Å². The second-order valence-corrected chi connectivity index (χ2v) is 5.34. The van der Waals surface area contributed by atoms with Gasteiger partial charge in [-0.05, 0) is 38.1 Å². The highest BCUT2D eigenvalue weighted by atomic mass is 16.5. The molecular formula is C18H14N2O2. The Kier molecular flexibility index (Phi) is 2.82. The number of fused-ring (bicyclic) bond motifs is 1. The number of benzene rings is 2. The van der Waals surface area contributed by atoms with Gasteiger partial charge in [0.1, 0.15) is 5.58 Å². The van der Waals surface area contributed by atoms with Crippen LogP contribution in [0.15, 0.2) is 57.5 Å². The van der Waals surface area contributed by atoms with Crippen LogP contribution in [-0.4, -0.2) is 10.1 Å². The quantitative estimate of drug-likeness (QED) is 0.533. The van der Waals surface area contributed by atoms with Crippen molar-refractivity contribution in [2.24, 2.45) is 0 Å². The Balaban J connectivity index is 1.83. The largest absolute Gasteiger partial charge is 0.452 e. The van der Waals surface area contributed by atoms with Crippen molar-refractivity contribution in [2.75, 3.05) is 0 Å². The first-order valence-electron chi connectivity index (χ1n) is 7.11. The predicted molar refractivity (Wildman–Crippen MR) is 84.4 cm³/mol. The number of aromatic nitrogens is 2. The van der Waals surface area contributed by atoms with Gasteiger partial charge in [-0.2, -0.15) is 4.98 Å². The molecule has 0 aliphatic rings. The minimum Gasteiger partial charge on any atom is -0.452 e. The summed E-state index contributed by atoms with van der Waals surface area (Å²) in [6.45, 7) is 4.08. The Morgan fingerprint density at radius 2 is 1.77 bits per heavy atom. The molecule has 2 aromatic heterocycles. The average Bonchev–Trinajstić information content (AvgIpc) is 3.14. The first-order chi connectivity index (χ1) is 10.7. The molecule has 0 saturated carbocycles. The summed E-state index contributed by atoms with van der Waals surface area (Å²) in [7, 11) is 0. The molecule has 0 unspecified atom stereocenters. The van der Waals surface area contributed by atoms with Crippen LogP contribution in [0.4, 0.5) is 0 Å². The maximum absolute atomic E-state index is 5.90. The van der Waals surface area contributed by atoms with Gasteiger partial charge in [0.15, 0.2) is 5.76 Å². The summed E-state index contributed by atoms with van der Waals surface area (Å²) < 4.78 is 11.3.